The Labute approximate surface area is 765 Å². The van der Waals surface area contributed by atoms with Crippen molar-refractivity contribution in [2.24, 2.45) is 108 Å². The number of aliphatic hydroxyl groups excluding tert-OH is 2. The van der Waals surface area contributed by atoms with Gasteiger partial charge in [-0.15, -0.1) is 20.4 Å². The number of nitrogens with zero attached hydrogens (tertiary/aromatic N) is 16. The smallest absolute Gasteiger partial charge is 0.310 e. The van der Waals surface area contributed by atoms with Crippen molar-refractivity contribution >= 4 is 41.0 Å². The Hall–Kier alpha value is -8.78. The molecule has 0 aromatic carbocycles. The van der Waals surface area contributed by atoms with Crippen molar-refractivity contribution in [3.05, 3.63) is 64.7 Å². The zero-order chi connectivity index (χ0) is 101. The number of aromatic amines is 5. The number of H-pyrrole nitrogens is 5. The van der Waals surface area contributed by atoms with Crippen molar-refractivity contribution in [3.8, 4) is 0 Å². The van der Waals surface area contributed by atoms with Gasteiger partial charge in [-0.1, -0.05) is 264 Å². The van der Waals surface area contributed by atoms with Gasteiger partial charge in [0.2, 0.25) is 29.3 Å². The minimum atomic E-state index is -0.241. The fourth-order valence-corrected chi connectivity index (χ4v) is 7.45. The van der Waals surface area contributed by atoms with Crippen LogP contribution in [0.1, 0.15) is 427 Å². The minimum Gasteiger partial charge on any atom is -0.512 e. The molecule has 126 heavy (non-hydrogen) atoms. The average Bonchev–Trinajstić information content (AvgIpc) is 1.76. The number of primary amides is 2. The first-order valence-electron chi connectivity index (χ1n) is 45.9. The Morgan fingerprint density at radius 2 is 0.786 bits per heavy atom. The highest BCUT2D eigenvalue weighted by atomic mass is 16.3. The van der Waals surface area contributed by atoms with Gasteiger partial charge in [0.05, 0.1) is 33.7 Å². The SMILES string of the molecule is CC(C)/C=C(\O)C(C)C.CC(C)C(N)=O.CC(C)C(N)=O.CC(C)C1=NN=[N+](C(C)C)C1.CC(C)CC(O)C(C)C.CC(C)N=C(N)C(C)C.CC(C)N=C(N)C(C)C.CC(C)NC(=O)C(C)C.CC(C)NC(=O)C(C)C.CC(C)c1cnc(C(C)C)[nH]1.CC(C)c1cnc(C(C)C)[nH]1.CC(C)c1n[nH][n+](C(C)C)n1.CC(C)c1nn[nH]n1.CC(C)c1nn[nH]n1. The molecule has 734 valence electrons. The molecule has 0 fully saturated rings. The van der Waals surface area contributed by atoms with Crippen molar-refractivity contribution in [1.29, 1.82) is 0 Å². The topological polar surface area (TPSA) is 501 Å². The van der Waals surface area contributed by atoms with Crippen LogP contribution in [0.15, 0.2) is 44.5 Å². The summed E-state index contributed by atoms with van der Waals surface area (Å²) in [4.78, 5) is 66.8. The molecule has 6 rings (SSSR count). The molecule has 0 radical (unpaired) electrons. The van der Waals surface area contributed by atoms with Crippen LogP contribution in [0.2, 0.25) is 0 Å². The lowest BCUT2D eigenvalue weighted by Gasteiger charge is -2.15. The molecule has 1 aliphatic rings. The molecule has 5 aromatic heterocycles. The second-order valence-corrected chi connectivity index (χ2v) is 38.5. The number of nitrogens with two attached hydrogens (primary N) is 4. The Kier molecular flexibility index (Phi) is 79.2. The number of amides is 4. The number of amidine groups is 2. The number of carbonyl (C=O) groups is 4. The Balaban J connectivity index is -0.000000199. The maximum Gasteiger partial charge on any atom is 0.310 e. The number of aliphatic imine (C=N–C) groups is 2. The maximum atomic E-state index is 10.8. The van der Waals surface area contributed by atoms with Crippen LogP contribution in [0, 0.1) is 65.1 Å². The molecule has 0 spiro atoms. The molecular weight excluding hydrogens is 1590 g/mol. The maximum absolute atomic E-state index is 10.8. The van der Waals surface area contributed by atoms with E-state index in [0.29, 0.717) is 107 Å². The van der Waals surface area contributed by atoms with Crippen LogP contribution in [0.3, 0.4) is 0 Å². The Morgan fingerprint density at radius 3 is 0.905 bits per heavy atom. The molecule has 4 amide bonds. The highest BCUT2D eigenvalue weighted by molar-refractivity contribution is 5.87. The van der Waals surface area contributed by atoms with Crippen LogP contribution >= 0.6 is 0 Å². The molecule has 0 aliphatic carbocycles. The van der Waals surface area contributed by atoms with Gasteiger partial charge in [0, 0.05) is 125 Å². The quantitative estimate of drug-likeness (QED) is 0.0112. The summed E-state index contributed by atoms with van der Waals surface area (Å²) in [6.07, 6.45) is 6.56. The minimum absolute atomic E-state index is 0.00926. The largest absolute Gasteiger partial charge is 0.512 e. The lowest BCUT2D eigenvalue weighted by Crippen LogP contribution is -2.41. The predicted octanol–water partition coefficient (Wildman–Crippen LogP) is 18.8. The average molecular weight is 1790 g/mol. The fraction of sp³-hybridized carbons (Fsp3) is 0.806. The third-order valence-corrected chi connectivity index (χ3v) is 16.3. The van der Waals surface area contributed by atoms with Gasteiger partial charge in [-0.05, 0) is 135 Å². The summed E-state index contributed by atoms with van der Waals surface area (Å²) in [5.41, 5.74) is 24.4. The van der Waals surface area contributed by atoms with Crippen molar-refractivity contribution in [1.82, 2.24) is 87.2 Å². The van der Waals surface area contributed by atoms with Gasteiger partial charge in [-0.2, -0.15) is 15.1 Å². The van der Waals surface area contributed by atoms with E-state index >= 15 is 0 Å². The van der Waals surface area contributed by atoms with Crippen molar-refractivity contribution in [3.63, 3.8) is 0 Å². The van der Waals surface area contributed by atoms with Crippen molar-refractivity contribution in [2.45, 2.75) is 423 Å². The summed E-state index contributed by atoms with van der Waals surface area (Å²) in [5.74, 6) is 12.9. The van der Waals surface area contributed by atoms with E-state index in [-0.39, 0.29) is 71.4 Å². The standard InChI is InChI=1S/2C9H16N2.C8H16N3.C8H18O.C8H16O.C7H14N4.2C7H16N2.2C7H15NO.2C4H8N4.2C4H9NO/c2*1-6(2)8-5-10-9(11-8)7(3)4;1-6(2)8-5-11(7(3)4)10-9-8;2*1-6(2)5-8(9)7(3)4;1-5(2)7-8-10-11(9-7)6(3)4;2*1-5(2)7(8)9-6(3)4;2*1-5(2)7(9)8-6(3)4;2*1-3(2)4-5-7-8-6-4;2*1-3(2)4(5)6/h2*5-7H,1-4H3,(H,10,11);6-7H,5H2,1-4H3;6-9H,5H2,1-4H3;5-7,9H,1-4H3;5-6H,1-4H3;2*5-6H,1-4H3,(H2,8,9);2*5-6H,1-4H3,(H,8,9);2*3H,1-2H3,(H,5,6,7,8);2*3H,1-2H3,(H2,5,6)/q;;+1;;;;;;;;;;;/p+1/b;;;;8-5-;;;;;;;;;. The van der Waals surface area contributed by atoms with Gasteiger partial charge in [0.15, 0.2) is 18.2 Å². The Morgan fingerprint density at radius 1 is 0.444 bits per heavy atom. The van der Waals surface area contributed by atoms with Crippen LogP contribution in [0.4, 0.5) is 0 Å². The molecule has 0 saturated heterocycles. The zero-order valence-electron chi connectivity index (χ0n) is 88.6. The molecule has 1 aliphatic heterocycles. The van der Waals surface area contributed by atoms with E-state index in [2.05, 4.69) is 246 Å². The number of aliphatic hydroxyl groups is 2. The van der Waals surface area contributed by atoms with Crippen molar-refractivity contribution in [2.75, 3.05) is 6.54 Å². The van der Waals surface area contributed by atoms with Crippen LogP contribution in [-0.2, 0) is 19.2 Å². The summed E-state index contributed by atoms with van der Waals surface area (Å²) in [5, 5.41) is 70.0. The lowest BCUT2D eigenvalue weighted by molar-refractivity contribution is -0.821. The van der Waals surface area contributed by atoms with E-state index in [1.54, 1.807) is 32.5 Å². The third-order valence-electron chi connectivity index (χ3n) is 16.3. The number of rotatable bonds is 25. The molecule has 1 unspecified atom stereocenters. The highest BCUT2D eigenvalue weighted by Gasteiger charge is 2.25. The highest BCUT2D eigenvalue weighted by Crippen LogP contribution is 2.18. The molecule has 17 N–H and O–H groups in total. The predicted molar refractivity (Wildman–Crippen MR) is 524 cm³/mol. The van der Waals surface area contributed by atoms with Crippen LogP contribution in [-0.4, -0.2) is 175 Å². The molecule has 0 bridgehead atoms. The van der Waals surface area contributed by atoms with E-state index in [9.17, 15) is 24.3 Å². The summed E-state index contributed by atoms with van der Waals surface area (Å²) in [7, 11) is 0. The van der Waals surface area contributed by atoms with E-state index in [1.807, 2.05) is 189 Å². The summed E-state index contributed by atoms with van der Waals surface area (Å²) < 4.78 is 2.01. The fourth-order valence-electron chi connectivity index (χ4n) is 7.45. The van der Waals surface area contributed by atoms with E-state index in [4.69, 9.17) is 28.0 Å². The third kappa shape index (κ3) is 79.8. The second-order valence-electron chi connectivity index (χ2n) is 38.5. The molecule has 33 heteroatoms. The summed E-state index contributed by atoms with van der Waals surface area (Å²) >= 11 is 0. The summed E-state index contributed by atoms with van der Waals surface area (Å²) in [6, 6.07) is 2.00. The molecule has 1 atom stereocenters. The number of tetrazole rings is 3. The number of carbonyl (C=O) groups excluding carboxylic acids is 4. The number of allylic oxidation sites excluding steroid dienone is 2. The zero-order valence-corrected chi connectivity index (χ0v) is 88.6. The first-order chi connectivity index (χ1) is 57.6. The van der Waals surface area contributed by atoms with Gasteiger partial charge in [-0.25, -0.2) is 9.97 Å². The van der Waals surface area contributed by atoms with Crippen LogP contribution < -0.4 is 38.4 Å². The Bertz CT molecular complexity index is 3240. The van der Waals surface area contributed by atoms with Gasteiger partial charge >= 0.3 is 5.82 Å². The van der Waals surface area contributed by atoms with E-state index in [1.165, 1.54) is 17.1 Å². The van der Waals surface area contributed by atoms with E-state index < -0.39 is 0 Å². The van der Waals surface area contributed by atoms with Gasteiger partial charge in [0.25, 0.3) is 0 Å². The molecule has 6 heterocycles. The molecule has 5 aromatic rings. The van der Waals surface area contributed by atoms with Gasteiger partial charge in [0.1, 0.15) is 29.0 Å². The first-order valence-corrected chi connectivity index (χ1v) is 45.9. The lowest BCUT2D eigenvalue weighted by atomic mass is 9.98. The number of aromatic nitrogens is 16. The molecule has 0 saturated carbocycles. The number of hydrogen-bond donors (Lipinski definition) is 13. The first kappa shape index (κ1) is 133. The second kappa shape index (κ2) is 75.2. The molecular formula is C93H193N27O6+2. The van der Waals surface area contributed by atoms with Crippen LogP contribution in [0.5, 0.6) is 0 Å². The normalized spacial score (nSPS) is 12.2. The number of hydrogen-bond acceptors (Lipinski definition) is 20. The van der Waals surface area contributed by atoms with E-state index in [0.717, 1.165) is 53.8 Å². The van der Waals surface area contributed by atoms with Crippen molar-refractivity contribution < 1.29 is 38.9 Å². The monoisotopic (exact) mass is 1780 g/mol. The van der Waals surface area contributed by atoms with Crippen LogP contribution in [0.25, 0.3) is 0 Å². The molecule has 33 nitrogen and oxygen atoms in total. The van der Waals surface area contributed by atoms with Gasteiger partial charge in [-0.3, -0.25) is 29.2 Å². The summed E-state index contributed by atoms with van der Waals surface area (Å²) in [6.45, 7) is 98.2. The number of nitrogens with one attached hydrogen (secondary N) is 7. The van der Waals surface area contributed by atoms with Gasteiger partial charge < -0.3 is 53.7 Å². The number of imidazole rings is 2.